The quantitative estimate of drug-likeness (QED) is 0.591. The summed E-state index contributed by atoms with van der Waals surface area (Å²) in [6.45, 7) is 3.97. The van der Waals surface area contributed by atoms with Gasteiger partial charge in [0.2, 0.25) is 0 Å². The molecular formula is C13H14F4OS. The summed E-state index contributed by atoms with van der Waals surface area (Å²) < 4.78 is 50.5. The van der Waals surface area contributed by atoms with E-state index in [2.05, 4.69) is 0 Å². The van der Waals surface area contributed by atoms with Crippen molar-refractivity contribution in [3.63, 3.8) is 0 Å². The second-order valence-corrected chi connectivity index (χ2v) is 5.55. The van der Waals surface area contributed by atoms with Crippen LogP contribution in [0, 0.1) is 11.7 Å². The summed E-state index contributed by atoms with van der Waals surface area (Å²) in [4.78, 5) is 11.7. The summed E-state index contributed by atoms with van der Waals surface area (Å²) in [7, 11) is 0. The van der Waals surface area contributed by atoms with Gasteiger partial charge >= 0.3 is 6.18 Å². The maximum atomic E-state index is 13.1. The Hall–Kier alpha value is -1.04. The molecule has 106 valence electrons. The second-order valence-electron chi connectivity index (χ2n) is 4.52. The molecule has 1 nitrogen and oxygen atoms in total. The van der Waals surface area contributed by atoms with E-state index >= 15 is 0 Å². The van der Waals surface area contributed by atoms with Gasteiger partial charge in [-0.15, -0.1) is 0 Å². The lowest BCUT2D eigenvalue weighted by atomic mass is 10.1. The first kappa shape index (κ1) is 16.0. The third kappa shape index (κ3) is 4.86. The zero-order valence-electron chi connectivity index (χ0n) is 10.6. The van der Waals surface area contributed by atoms with E-state index in [9.17, 15) is 22.4 Å². The van der Waals surface area contributed by atoms with Crippen LogP contribution in [0.1, 0.15) is 29.8 Å². The predicted octanol–water partition coefficient (Wildman–Crippen LogP) is 4.42. The first-order chi connectivity index (χ1) is 8.71. The molecule has 0 aliphatic rings. The van der Waals surface area contributed by atoms with Gasteiger partial charge in [-0.3, -0.25) is 4.79 Å². The van der Waals surface area contributed by atoms with E-state index in [-0.39, 0.29) is 11.3 Å². The van der Waals surface area contributed by atoms with Crippen molar-refractivity contribution in [1.29, 1.82) is 0 Å². The van der Waals surface area contributed by atoms with E-state index < -0.39 is 23.3 Å². The van der Waals surface area contributed by atoms with Gasteiger partial charge in [-0.1, -0.05) is 13.8 Å². The second kappa shape index (κ2) is 6.41. The molecule has 0 N–H and O–H groups in total. The minimum atomic E-state index is -4.79. The van der Waals surface area contributed by atoms with E-state index in [1.54, 1.807) is 0 Å². The molecule has 0 aliphatic heterocycles. The number of thioether (sulfide) groups is 1. The SMILES string of the molecule is CC(C)CSCC(=O)c1ccc(F)c(C(F)(F)F)c1. The fraction of sp³-hybridized carbons (Fsp3) is 0.462. The van der Waals surface area contributed by atoms with Crippen molar-refractivity contribution in [2.75, 3.05) is 11.5 Å². The fourth-order valence-corrected chi connectivity index (χ4v) is 2.33. The summed E-state index contributed by atoms with van der Waals surface area (Å²) in [5, 5.41) is 0. The van der Waals surface area contributed by atoms with E-state index in [1.165, 1.54) is 11.8 Å². The molecule has 0 fully saturated rings. The Kier molecular flexibility index (Phi) is 5.40. The molecule has 0 spiro atoms. The Morgan fingerprint density at radius 2 is 1.95 bits per heavy atom. The van der Waals surface area contributed by atoms with E-state index in [4.69, 9.17) is 0 Å². The number of rotatable bonds is 5. The van der Waals surface area contributed by atoms with Crippen molar-refractivity contribution >= 4 is 17.5 Å². The number of benzene rings is 1. The van der Waals surface area contributed by atoms with Gasteiger partial charge in [0.25, 0.3) is 0 Å². The zero-order valence-corrected chi connectivity index (χ0v) is 11.4. The lowest BCUT2D eigenvalue weighted by Gasteiger charge is -2.10. The minimum absolute atomic E-state index is 0.0983. The number of ketones is 1. The topological polar surface area (TPSA) is 17.1 Å². The number of hydrogen-bond donors (Lipinski definition) is 0. The molecule has 0 saturated carbocycles. The third-order valence-corrected chi connectivity index (χ3v) is 3.65. The van der Waals surface area contributed by atoms with Crippen LogP contribution in [0.2, 0.25) is 0 Å². The van der Waals surface area contributed by atoms with E-state index in [0.29, 0.717) is 18.1 Å². The van der Waals surface area contributed by atoms with Gasteiger partial charge in [-0.2, -0.15) is 24.9 Å². The highest BCUT2D eigenvalue weighted by Gasteiger charge is 2.34. The summed E-state index contributed by atoms with van der Waals surface area (Å²) in [6, 6.07) is 2.35. The maximum absolute atomic E-state index is 13.1. The Morgan fingerprint density at radius 1 is 1.32 bits per heavy atom. The monoisotopic (exact) mass is 294 g/mol. The van der Waals surface area contributed by atoms with Crippen LogP contribution in [-0.2, 0) is 6.18 Å². The molecule has 1 rings (SSSR count). The van der Waals surface area contributed by atoms with Crippen LogP contribution >= 0.6 is 11.8 Å². The summed E-state index contributed by atoms with van der Waals surface area (Å²) in [5.74, 6) is -0.535. The van der Waals surface area contributed by atoms with Gasteiger partial charge in [-0.25, -0.2) is 4.39 Å². The molecule has 0 heterocycles. The van der Waals surface area contributed by atoms with Crippen LogP contribution in [-0.4, -0.2) is 17.3 Å². The number of carbonyl (C=O) groups excluding carboxylic acids is 1. The van der Waals surface area contributed by atoms with Crippen LogP contribution in [0.4, 0.5) is 17.6 Å². The zero-order chi connectivity index (χ0) is 14.6. The predicted molar refractivity (Wildman–Crippen MR) is 67.9 cm³/mol. The van der Waals surface area contributed by atoms with Crippen molar-refractivity contribution in [2.45, 2.75) is 20.0 Å². The molecule has 0 radical (unpaired) electrons. The van der Waals surface area contributed by atoms with Crippen molar-refractivity contribution in [2.24, 2.45) is 5.92 Å². The highest BCUT2D eigenvalue weighted by Crippen LogP contribution is 2.32. The number of alkyl halides is 3. The maximum Gasteiger partial charge on any atom is 0.419 e. The molecule has 0 unspecified atom stereocenters. The van der Waals surface area contributed by atoms with E-state index in [1.807, 2.05) is 13.8 Å². The highest BCUT2D eigenvalue weighted by molar-refractivity contribution is 7.99. The molecule has 0 bridgehead atoms. The molecule has 0 aliphatic carbocycles. The van der Waals surface area contributed by atoms with Crippen LogP contribution in [0.25, 0.3) is 0 Å². The van der Waals surface area contributed by atoms with Crippen molar-refractivity contribution in [3.8, 4) is 0 Å². The number of halogens is 4. The lowest BCUT2D eigenvalue weighted by molar-refractivity contribution is -0.140. The fourth-order valence-electron chi connectivity index (χ4n) is 1.39. The average Bonchev–Trinajstić information content (AvgIpc) is 2.27. The van der Waals surface area contributed by atoms with Gasteiger partial charge in [0.05, 0.1) is 11.3 Å². The van der Waals surface area contributed by atoms with Crippen molar-refractivity contribution in [1.82, 2.24) is 0 Å². The largest absolute Gasteiger partial charge is 0.419 e. The molecule has 1 aromatic carbocycles. The lowest BCUT2D eigenvalue weighted by Crippen LogP contribution is -2.11. The molecular weight excluding hydrogens is 280 g/mol. The van der Waals surface area contributed by atoms with Gasteiger partial charge in [0, 0.05) is 5.56 Å². The van der Waals surface area contributed by atoms with E-state index in [0.717, 1.165) is 11.8 Å². The summed E-state index contributed by atoms with van der Waals surface area (Å²) in [5.41, 5.74) is -1.50. The van der Waals surface area contributed by atoms with Crippen LogP contribution in [0.15, 0.2) is 18.2 Å². The Morgan fingerprint density at radius 3 is 2.47 bits per heavy atom. The van der Waals surface area contributed by atoms with Crippen LogP contribution < -0.4 is 0 Å². The molecule has 0 atom stereocenters. The van der Waals surface area contributed by atoms with Crippen molar-refractivity contribution < 1.29 is 22.4 Å². The minimum Gasteiger partial charge on any atom is -0.293 e. The standard InChI is InChI=1S/C13H14F4OS/c1-8(2)6-19-7-12(18)9-3-4-11(14)10(5-9)13(15,16)17/h3-5,8H,6-7H2,1-2H3. The van der Waals surface area contributed by atoms with Gasteiger partial charge in [0.1, 0.15) is 5.82 Å². The summed E-state index contributed by atoms with van der Waals surface area (Å²) in [6.07, 6.45) is -4.79. The molecule has 0 saturated heterocycles. The first-order valence-corrected chi connectivity index (χ1v) is 6.85. The molecule has 6 heteroatoms. The molecule has 0 aromatic heterocycles. The van der Waals surface area contributed by atoms with Gasteiger partial charge in [0.15, 0.2) is 5.78 Å². The number of hydrogen-bond acceptors (Lipinski definition) is 2. The van der Waals surface area contributed by atoms with Crippen LogP contribution in [0.3, 0.4) is 0 Å². The van der Waals surface area contributed by atoms with Crippen LogP contribution in [0.5, 0.6) is 0 Å². The molecule has 19 heavy (non-hydrogen) atoms. The Labute approximate surface area is 113 Å². The number of carbonyl (C=O) groups is 1. The molecule has 1 aromatic rings. The normalized spacial score (nSPS) is 11.9. The Balaban J connectivity index is 2.82. The first-order valence-electron chi connectivity index (χ1n) is 5.69. The van der Waals surface area contributed by atoms with Gasteiger partial charge in [-0.05, 0) is 29.9 Å². The third-order valence-electron chi connectivity index (χ3n) is 2.28. The summed E-state index contributed by atoms with van der Waals surface area (Å²) >= 11 is 1.36. The van der Waals surface area contributed by atoms with Gasteiger partial charge < -0.3 is 0 Å². The Bertz CT molecular complexity index is 454. The molecule has 0 amide bonds. The highest BCUT2D eigenvalue weighted by atomic mass is 32.2. The average molecular weight is 294 g/mol. The van der Waals surface area contributed by atoms with Crippen molar-refractivity contribution in [3.05, 3.63) is 35.1 Å². The smallest absolute Gasteiger partial charge is 0.293 e. The number of Topliss-reactive ketones (excluding diaryl/α,β-unsaturated/α-hetero) is 1.